The van der Waals surface area contributed by atoms with Crippen molar-refractivity contribution in [2.45, 2.75) is 32.4 Å². The molecular formula is C15H20F3NO2. The maximum absolute atomic E-state index is 12.4. The Kier molecular flexibility index (Phi) is 5.39. The number of hydrogen-bond acceptors (Lipinski definition) is 2. The molecule has 0 atom stereocenters. The Balaban J connectivity index is 2.94. The SMILES string of the molecule is CC(C)(C)c1ccc(C(=O)N(CCO)CC(F)(F)F)cc1. The van der Waals surface area contributed by atoms with Gasteiger partial charge in [0.05, 0.1) is 6.61 Å². The Morgan fingerprint density at radius 2 is 1.67 bits per heavy atom. The summed E-state index contributed by atoms with van der Waals surface area (Å²) in [5.74, 6) is -0.734. The zero-order valence-corrected chi connectivity index (χ0v) is 12.4. The first kappa shape index (κ1) is 17.5. The number of carbonyl (C=O) groups is 1. The molecule has 0 unspecified atom stereocenters. The number of benzene rings is 1. The smallest absolute Gasteiger partial charge is 0.395 e. The second-order valence-corrected chi connectivity index (χ2v) is 5.89. The Labute approximate surface area is 122 Å². The molecule has 0 saturated carbocycles. The zero-order valence-electron chi connectivity index (χ0n) is 12.4. The number of aliphatic hydroxyl groups is 1. The first-order valence-corrected chi connectivity index (χ1v) is 6.62. The Bertz CT molecular complexity index is 475. The van der Waals surface area contributed by atoms with Gasteiger partial charge in [-0.3, -0.25) is 4.79 Å². The summed E-state index contributed by atoms with van der Waals surface area (Å²) >= 11 is 0. The largest absolute Gasteiger partial charge is 0.406 e. The third kappa shape index (κ3) is 5.38. The minimum Gasteiger partial charge on any atom is -0.395 e. The highest BCUT2D eigenvalue weighted by Gasteiger charge is 2.33. The van der Waals surface area contributed by atoms with Gasteiger partial charge in [0.1, 0.15) is 6.54 Å². The second kappa shape index (κ2) is 6.47. The molecule has 0 aliphatic rings. The van der Waals surface area contributed by atoms with E-state index in [1.165, 1.54) is 12.1 Å². The first-order chi connectivity index (χ1) is 9.54. The maximum Gasteiger partial charge on any atom is 0.406 e. The number of hydrogen-bond donors (Lipinski definition) is 1. The molecule has 118 valence electrons. The van der Waals surface area contributed by atoms with Gasteiger partial charge in [-0.15, -0.1) is 0 Å². The van der Waals surface area contributed by atoms with Crippen LogP contribution in [-0.2, 0) is 5.41 Å². The number of carbonyl (C=O) groups excluding carboxylic acids is 1. The Morgan fingerprint density at radius 1 is 1.14 bits per heavy atom. The molecule has 0 spiro atoms. The van der Waals surface area contributed by atoms with E-state index in [-0.39, 0.29) is 17.5 Å². The van der Waals surface area contributed by atoms with Crippen molar-refractivity contribution >= 4 is 5.91 Å². The van der Waals surface area contributed by atoms with Gasteiger partial charge in [0.15, 0.2) is 0 Å². The number of aliphatic hydroxyl groups excluding tert-OH is 1. The fourth-order valence-corrected chi connectivity index (χ4v) is 1.88. The topological polar surface area (TPSA) is 40.5 Å². The van der Waals surface area contributed by atoms with Gasteiger partial charge in [-0.05, 0) is 23.1 Å². The fourth-order valence-electron chi connectivity index (χ4n) is 1.88. The van der Waals surface area contributed by atoms with Crippen LogP contribution in [0.1, 0.15) is 36.7 Å². The lowest BCUT2D eigenvalue weighted by Crippen LogP contribution is -2.40. The average Bonchev–Trinajstić information content (AvgIpc) is 2.35. The normalized spacial score (nSPS) is 12.3. The van der Waals surface area contributed by atoms with Gasteiger partial charge < -0.3 is 10.0 Å². The Hall–Kier alpha value is -1.56. The van der Waals surface area contributed by atoms with Gasteiger partial charge in [-0.25, -0.2) is 0 Å². The Morgan fingerprint density at radius 3 is 2.05 bits per heavy atom. The van der Waals surface area contributed by atoms with Crippen LogP contribution in [0.5, 0.6) is 0 Å². The van der Waals surface area contributed by atoms with Crippen LogP contribution in [0.3, 0.4) is 0 Å². The molecule has 1 N–H and O–H groups in total. The van der Waals surface area contributed by atoms with E-state index >= 15 is 0 Å². The van der Waals surface area contributed by atoms with E-state index in [9.17, 15) is 18.0 Å². The third-order valence-corrected chi connectivity index (χ3v) is 3.03. The summed E-state index contributed by atoms with van der Waals surface area (Å²) < 4.78 is 37.3. The molecule has 3 nitrogen and oxygen atoms in total. The molecular weight excluding hydrogens is 283 g/mol. The average molecular weight is 303 g/mol. The summed E-state index contributed by atoms with van der Waals surface area (Å²) in [5, 5.41) is 8.82. The first-order valence-electron chi connectivity index (χ1n) is 6.62. The van der Waals surface area contributed by atoms with E-state index in [2.05, 4.69) is 0 Å². The molecule has 0 radical (unpaired) electrons. The van der Waals surface area contributed by atoms with E-state index in [0.717, 1.165) is 5.56 Å². The van der Waals surface area contributed by atoms with E-state index < -0.39 is 25.2 Å². The van der Waals surface area contributed by atoms with Gasteiger partial charge in [0.2, 0.25) is 0 Å². The van der Waals surface area contributed by atoms with Crippen molar-refractivity contribution in [1.82, 2.24) is 4.90 Å². The molecule has 1 rings (SSSR count). The maximum atomic E-state index is 12.4. The number of halogens is 3. The van der Waals surface area contributed by atoms with Gasteiger partial charge in [0, 0.05) is 12.1 Å². The summed E-state index contributed by atoms with van der Waals surface area (Å²) in [7, 11) is 0. The summed E-state index contributed by atoms with van der Waals surface area (Å²) in [6.45, 7) is 3.79. The van der Waals surface area contributed by atoms with Gasteiger partial charge in [-0.2, -0.15) is 13.2 Å². The monoisotopic (exact) mass is 303 g/mol. The predicted molar refractivity (Wildman–Crippen MR) is 74.2 cm³/mol. The molecule has 21 heavy (non-hydrogen) atoms. The lowest BCUT2D eigenvalue weighted by molar-refractivity contribution is -0.141. The summed E-state index contributed by atoms with van der Waals surface area (Å²) in [6.07, 6.45) is -4.49. The second-order valence-electron chi connectivity index (χ2n) is 5.89. The number of rotatable bonds is 4. The van der Waals surface area contributed by atoms with Gasteiger partial charge in [0.25, 0.3) is 5.91 Å². The van der Waals surface area contributed by atoms with E-state index in [1.807, 2.05) is 20.8 Å². The lowest BCUT2D eigenvalue weighted by Gasteiger charge is -2.24. The van der Waals surface area contributed by atoms with Crippen molar-refractivity contribution in [2.24, 2.45) is 0 Å². The van der Waals surface area contributed by atoms with Crippen LogP contribution in [0.15, 0.2) is 24.3 Å². The molecule has 6 heteroatoms. The van der Waals surface area contributed by atoms with Gasteiger partial charge in [-0.1, -0.05) is 32.9 Å². The summed E-state index contributed by atoms with van der Waals surface area (Å²) in [5.41, 5.74) is 1.07. The zero-order chi connectivity index (χ0) is 16.3. The molecule has 0 heterocycles. The third-order valence-electron chi connectivity index (χ3n) is 3.03. The van der Waals surface area contributed by atoms with Crippen LogP contribution >= 0.6 is 0 Å². The summed E-state index contributed by atoms with van der Waals surface area (Å²) in [6, 6.07) is 6.50. The van der Waals surface area contributed by atoms with Crippen LogP contribution in [0.25, 0.3) is 0 Å². The number of alkyl halides is 3. The number of nitrogens with zero attached hydrogens (tertiary/aromatic N) is 1. The minimum atomic E-state index is -4.49. The molecule has 1 amide bonds. The van der Waals surface area contributed by atoms with Crippen LogP contribution in [0.2, 0.25) is 0 Å². The van der Waals surface area contributed by atoms with Crippen molar-refractivity contribution in [3.05, 3.63) is 35.4 Å². The molecule has 0 aliphatic carbocycles. The molecule has 0 aliphatic heterocycles. The van der Waals surface area contributed by atoms with Crippen molar-refractivity contribution in [3.8, 4) is 0 Å². The quantitative estimate of drug-likeness (QED) is 0.929. The molecule has 0 aromatic heterocycles. The molecule has 0 fully saturated rings. The van der Waals surface area contributed by atoms with Gasteiger partial charge >= 0.3 is 6.18 Å². The highest BCUT2D eigenvalue weighted by atomic mass is 19.4. The van der Waals surface area contributed by atoms with Crippen molar-refractivity contribution in [3.63, 3.8) is 0 Å². The van der Waals surface area contributed by atoms with E-state index in [4.69, 9.17) is 5.11 Å². The van der Waals surface area contributed by atoms with Crippen LogP contribution in [0.4, 0.5) is 13.2 Å². The number of amides is 1. The van der Waals surface area contributed by atoms with E-state index in [0.29, 0.717) is 4.90 Å². The minimum absolute atomic E-state index is 0.0989. The predicted octanol–water partition coefficient (Wildman–Crippen LogP) is 2.98. The highest BCUT2D eigenvalue weighted by molar-refractivity contribution is 5.94. The molecule has 0 saturated heterocycles. The van der Waals surface area contributed by atoms with Crippen molar-refractivity contribution in [1.29, 1.82) is 0 Å². The molecule has 1 aromatic rings. The van der Waals surface area contributed by atoms with E-state index in [1.54, 1.807) is 12.1 Å². The van der Waals surface area contributed by atoms with Crippen LogP contribution in [0, 0.1) is 0 Å². The molecule has 0 bridgehead atoms. The fraction of sp³-hybridized carbons (Fsp3) is 0.533. The van der Waals surface area contributed by atoms with Crippen molar-refractivity contribution in [2.75, 3.05) is 19.7 Å². The van der Waals surface area contributed by atoms with Crippen molar-refractivity contribution < 1.29 is 23.1 Å². The molecule has 1 aromatic carbocycles. The lowest BCUT2D eigenvalue weighted by atomic mass is 9.86. The standard InChI is InChI=1S/C15H20F3NO2/c1-14(2,3)12-6-4-11(5-7-12)13(21)19(8-9-20)10-15(16,17)18/h4-7,20H,8-10H2,1-3H3. The summed E-state index contributed by atoms with van der Waals surface area (Å²) in [4.78, 5) is 12.7. The van der Waals surface area contributed by atoms with Crippen LogP contribution < -0.4 is 0 Å². The van der Waals surface area contributed by atoms with Crippen LogP contribution in [-0.4, -0.2) is 41.8 Å². The highest BCUT2D eigenvalue weighted by Crippen LogP contribution is 2.23.